The van der Waals surface area contributed by atoms with Gasteiger partial charge in [-0.15, -0.1) is 0 Å². The van der Waals surface area contributed by atoms with Crippen LogP contribution in [0.1, 0.15) is 38.4 Å². The van der Waals surface area contributed by atoms with E-state index in [2.05, 4.69) is 21.0 Å². The summed E-state index contributed by atoms with van der Waals surface area (Å²) in [5, 5.41) is 4.47. The van der Waals surface area contributed by atoms with Crippen LogP contribution in [0.5, 0.6) is 0 Å². The molecule has 0 atom stereocenters. The molecule has 0 saturated heterocycles. The highest BCUT2D eigenvalue weighted by molar-refractivity contribution is 5.94. The van der Waals surface area contributed by atoms with Crippen LogP contribution in [-0.2, 0) is 26.6 Å². The van der Waals surface area contributed by atoms with E-state index in [1.807, 2.05) is 63.2 Å². The zero-order chi connectivity index (χ0) is 24.5. The summed E-state index contributed by atoms with van der Waals surface area (Å²) < 4.78 is 1.83. The number of aromatic nitrogens is 5. The van der Waals surface area contributed by atoms with E-state index in [0.717, 1.165) is 59.0 Å². The lowest BCUT2D eigenvalue weighted by Crippen LogP contribution is -2.32. The Kier molecular flexibility index (Phi) is 6.03. The first kappa shape index (κ1) is 22.7. The van der Waals surface area contributed by atoms with Crippen molar-refractivity contribution in [2.75, 3.05) is 18.5 Å². The molecule has 0 spiro atoms. The molecule has 0 N–H and O–H groups in total. The summed E-state index contributed by atoms with van der Waals surface area (Å²) in [6.07, 6.45) is 10.0. The normalized spacial score (nSPS) is 13.0. The van der Waals surface area contributed by atoms with Crippen LogP contribution in [0.15, 0.2) is 55.2 Å². The van der Waals surface area contributed by atoms with Gasteiger partial charge in [-0.05, 0) is 54.8 Å². The van der Waals surface area contributed by atoms with Crippen LogP contribution in [0.2, 0.25) is 0 Å². The van der Waals surface area contributed by atoms with E-state index in [9.17, 15) is 4.79 Å². The van der Waals surface area contributed by atoms with Gasteiger partial charge in [-0.25, -0.2) is 4.98 Å². The highest BCUT2D eigenvalue weighted by Crippen LogP contribution is 2.29. The Labute approximate surface area is 205 Å². The molecule has 5 heterocycles. The van der Waals surface area contributed by atoms with Crippen molar-refractivity contribution in [1.82, 2.24) is 29.6 Å². The summed E-state index contributed by atoms with van der Waals surface area (Å²) >= 11 is 0. The fourth-order valence-electron chi connectivity index (χ4n) is 4.71. The van der Waals surface area contributed by atoms with Crippen LogP contribution >= 0.6 is 0 Å². The molecule has 5 rings (SSSR count). The summed E-state index contributed by atoms with van der Waals surface area (Å²) in [7, 11) is 3.74. The minimum atomic E-state index is -0.0476. The maximum absolute atomic E-state index is 13.0. The van der Waals surface area contributed by atoms with Gasteiger partial charge < -0.3 is 9.80 Å². The van der Waals surface area contributed by atoms with Gasteiger partial charge >= 0.3 is 0 Å². The van der Waals surface area contributed by atoms with Gasteiger partial charge in [0.15, 0.2) is 0 Å². The van der Waals surface area contributed by atoms with Crippen LogP contribution < -0.4 is 4.90 Å². The lowest BCUT2D eigenvalue weighted by molar-refractivity contribution is 0.0784. The van der Waals surface area contributed by atoms with Crippen LogP contribution in [0.25, 0.3) is 11.1 Å². The number of nitrogens with zero attached hydrogens (tertiary/aromatic N) is 7. The van der Waals surface area contributed by atoms with Crippen molar-refractivity contribution < 1.29 is 4.79 Å². The van der Waals surface area contributed by atoms with Crippen LogP contribution in [-0.4, -0.2) is 49.1 Å². The van der Waals surface area contributed by atoms with Gasteiger partial charge in [-0.3, -0.25) is 19.4 Å². The number of amides is 1. The molecular weight excluding hydrogens is 438 g/mol. The molecule has 0 aliphatic carbocycles. The summed E-state index contributed by atoms with van der Waals surface area (Å²) in [4.78, 5) is 30.5. The monoisotopic (exact) mass is 467 g/mol. The third kappa shape index (κ3) is 4.64. The topological polar surface area (TPSA) is 80.0 Å². The number of rotatable bonds is 5. The van der Waals surface area contributed by atoms with Crippen LogP contribution in [0.4, 0.5) is 5.82 Å². The molecule has 8 nitrogen and oxygen atoms in total. The first-order chi connectivity index (χ1) is 16.9. The van der Waals surface area contributed by atoms with Crippen molar-refractivity contribution in [3.63, 3.8) is 0 Å². The lowest BCUT2D eigenvalue weighted by atomic mass is 10.0. The van der Waals surface area contributed by atoms with Crippen LogP contribution in [0, 0.1) is 13.8 Å². The third-order valence-corrected chi connectivity index (χ3v) is 6.48. The number of hydrogen-bond acceptors (Lipinski definition) is 6. The molecule has 4 aromatic heterocycles. The fourth-order valence-corrected chi connectivity index (χ4v) is 4.71. The van der Waals surface area contributed by atoms with Crippen LogP contribution in [0.3, 0.4) is 0 Å². The van der Waals surface area contributed by atoms with Gasteiger partial charge in [0.2, 0.25) is 0 Å². The Hall–Kier alpha value is -4.07. The predicted molar refractivity (Wildman–Crippen MR) is 135 cm³/mol. The Morgan fingerprint density at radius 1 is 1.11 bits per heavy atom. The summed E-state index contributed by atoms with van der Waals surface area (Å²) in [6, 6.07) is 8.00. The lowest BCUT2D eigenvalue weighted by Gasteiger charge is -2.30. The molecular formula is C27H29N7O. The van der Waals surface area contributed by atoms with Crippen molar-refractivity contribution in [2.24, 2.45) is 7.05 Å². The molecule has 1 aliphatic heterocycles. The van der Waals surface area contributed by atoms with Crippen molar-refractivity contribution in [2.45, 2.75) is 33.4 Å². The summed E-state index contributed by atoms with van der Waals surface area (Å²) in [5.41, 5.74) is 8.14. The molecule has 8 heteroatoms. The Balaban J connectivity index is 1.34. The molecule has 0 aromatic carbocycles. The minimum Gasteiger partial charge on any atom is -0.352 e. The molecule has 1 aliphatic rings. The Bertz CT molecular complexity index is 1380. The second kappa shape index (κ2) is 9.29. The molecule has 0 saturated carbocycles. The number of hydrogen-bond donors (Lipinski definition) is 0. The largest absolute Gasteiger partial charge is 0.352 e. The number of fused-ring (bicyclic) bond motifs is 1. The number of anilines is 1. The molecule has 35 heavy (non-hydrogen) atoms. The minimum absolute atomic E-state index is 0.0476. The van der Waals surface area contributed by atoms with E-state index in [-0.39, 0.29) is 5.91 Å². The molecule has 0 fully saturated rings. The van der Waals surface area contributed by atoms with E-state index in [1.165, 1.54) is 5.56 Å². The smallest absolute Gasteiger partial charge is 0.255 e. The zero-order valence-corrected chi connectivity index (χ0v) is 20.6. The fraction of sp³-hybridized carbons (Fsp3) is 0.296. The van der Waals surface area contributed by atoms with E-state index in [0.29, 0.717) is 12.1 Å². The number of aryl methyl sites for hydroxylation is 3. The van der Waals surface area contributed by atoms with Gasteiger partial charge in [0.25, 0.3) is 5.91 Å². The molecule has 178 valence electrons. The van der Waals surface area contributed by atoms with E-state index in [4.69, 9.17) is 9.97 Å². The maximum Gasteiger partial charge on any atom is 0.255 e. The van der Waals surface area contributed by atoms with Gasteiger partial charge in [-0.1, -0.05) is 0 Å². The predicted octanol–water partition coefficient (Wildman–Crippen LogP) is 3.72. The second-order valence-corrected chi connectivity index (χ2v) is 9.18. The number of pyridine rings is 3. The third-order valence-electron chi connectivity index (χ3n) is 6.48. The molecule has 0 radical (unpaired) electrons. The Morgan fingerprint density at radius 2 is 1.91 bits per heavy atom. The first-order valence-electron chi connectivity index (χ1n) is 11.7. The summed E-state index contributed by atoms with van der Waals surface area (Å²) in [5.74, 6) is 0.862. The SMILES string of the molecule is Cc1cc(C(=O)N(C)Cc2ccncc2)cnc1N1CCc2ncc(-c3cn(C)nc3C)cc2C1. The first-order valence-corrected chi connectivity index (χ1v) is 11.7. The van der Waals surface area contributed by atoms with Gasteiger partial charge in [0, 0.05) is 88.0 Å². The maximum atomic E-state index is 13.0. The quantitative estimate of drug-likeness (QED) is 0.445. The van der Waals surface area contributed by atoms with Gasteiger partial charge in [-0.2, -0.15) is 5.10 Å². The standard InChI is InChI=1S/C27H29N7O/c1-18-11-22(27(35)32(3)15-20-5-8-28-9-6-20)14-30-26(18)34-10-7-25-23(16-34)12-21(13-29-25)24-17-33(4)31-19(24)2/h5-6,8-9,11-14,17H,7,10,15-16H2,1-4H3. The highest BCUT2D eigenvalue weighted by Gasteiger charge is 2.22. The summed E-state index contributed by atoms with van der Waals surface area (Å²) in [6.45, 7) is 6.14. The van der Waals surface area contributed by atoms with Gasteiger partial charge in [0.1, 0.15) is 5.82 Å². The van der Waals surface area contributed by atoms with Gasteiger partial charge in [0.05, 0.1) is 11.3 Å². The molecule has 0 bridgehead atoms. The van der Waals surface area contributed by atoms with Crippen molar-refractivity contribution >= 4 is 11.7 Å². The van der Waals surface area contributed by atoms with E-state index in [1.54, 1.807) is 23.5 Å². The van der Waals surface area contributed by atoms with Crippen molar-refractivity contribution in [3.05, 3.63) is 88.9 Å². The zero-order valence-electron chi connectivity index (χ0n) is 20.6. The number of carbonyl (C=O) groups excluding carboxylic acids is 1. The second-order valence-electron chi connectivity index (χ2n) is 9.18. The highest BCUT2D eigenvalue weighted by atomic mass is 16.2. The van der Waals surface area contributed by atoms with E-state index >= 15 is 0 Å². The van der Waals surface area contributed by atoms with Crippen molar-refractivity contribution in [1.29, 1.82) is 0 Å². The molecule has 0 unspecified atom stereocenters. The number of carbonyl (C=O) groups is 1. The average molecular weight is 468 g/mol. The molecule has 1 amide bonds. The Morgan fingerprint density at radius 3 is 2.63 bits per heavy atom. The average Bonchev–Trinajstić information content (AvgIpc) is 3.21. The van der Waals surface area contributed by atoms with Crippen molar-refractivity contribution in [3.8, 4) is 11.1 Å². The molecule has 4 aromatic rings. The van der Waals surface area contributed by atoms with E-state index < -0.39 is 0 Å².